The zero-order valence-electron chi connectivity index (χ0n) is 12.5. The lowest BCUT2D eigenvalue weighted by molar-refractivity contribution is -0.122. The fraction of sp³-hybridized carbons (Fsp3) is 0.929. The molecule has 2 atom stereocenters. The molecule has 0 saturated carbocycles. The second kappa shape index (κ2) is 7.74. The molecule has 4 nitrogen and oxygen atoms in total. The van der Waals surface area contributed by atoms with Gasteiger partial charge < -0.3 is 16.2 Å². The lowest BCUT2D eigenvalue weighted by Gasteiger charge is -2.23. The molecule has 0 aromatic carbocycles. The van der Waals surface area contributed by atoms with Crippen molar-refractivity contribution in [2.45, 2.75) is 66.0 Å². The average molecular weight is 258 g/mol. The molecular formula is C14H30N2O2. The molecule has 0 aromatic rings. The highest BCUT2D eigenvalue weighted by Crippen LogP contribution is 2.20. The molecule has 0 rings (SSSR count). The first-order valence-electron chi connectivity index (χ1n) is 6.80. The van der Waals surface area contributed by atoms with E-state index in [-0.39, 0.29) is 17.4 Å². The molecule has 4 N–H and O–H groups in total. The van der Waals surface area contributed by atoms with Crippen molar-refractivity contribution in [2.75, 3.05) is 6.54 Å². The van der Waals surface area contributed by atoms with Crippen molar-refractivity contribution >= 4 is 5.91 Å². The van der Waals surface area contributed by atoms with E-state index in [1.807, 2.05) is 13.8 Å². The van der Waals surface area contributed by atoms with Crippen LogP contribution in [0.5, 0.6) is 0 Å². The van der Waals surface area contributed by atoms with E-state index in [4.69, 9.17) is 5.73 Å². The van der Waals surface area contributed by atoms with Gasteiger partial charge >= 0.3 is 0 Å². The minimum absolute atomic E-state index is 0.0745. The van der Waals surface area contributed by atoms with Crippen LogP contribution in [0.4, 0.5) is 0 Å². The SMILES string of the molecule is CC(C)CC(O)CNC(=O)CC(N)CC(C)(C)C. The number of amides is 1. The van der Waals surface area contributed by atoms with Gasteiger partial charge in [-0.25, -0.2) is 0 Å². The molecule has 0 saturated heterocycles. The van der Waals surface area contributed by atoms with Crippen LogP contribution in [0.15, 0.2) is 0 Å². The van der Waals surface area contributed by atoms with Gasteiger partial charge in [-0.1, -0.05) is 34.6 Å². The van der Waals surface area contributed by atoms with Gasteiger partial charge in [0.2, 0.25) is 5.91 Å². The zero-order valence-corrected chi connectivity index (χ0v) is 12.5. The summed E-state index contributed by atoms with van der Waals surface area (Å²) < 4.78 is 0. The molecule has 0 heterocycles. The molecule has 0 aliphatic heterocycles. The maximum atomic E-state index is 11.6. The monoisotopic (exact) mass is 258 g/mol. The highest BCUT2D eigenvalue weighted by atomic mass is 16.3. The predicted molar refractivity (Wildman–Crippen MR) is 75.1 cm³/mol. The van der Waals surface area contributed by atoms with Gasteiger partial charge in [0.15, 0.2) is 0 Å². The molecule has 2 unspecified atom stereocenters. The molecule has 18 heavy (non-hydrogen) atoms. The Labute approximate surface area is 111 Å². The van der Waals surface area contributed by atoms with Crippen LogP contribution >= 0.6 is 0 Å². The topological polar surface area (TPSA) is 75.3 Å². The third-order valence-corrected chi connectivity index (χ3v) is 2.60. The van der Waals surface area contributed by atoms with Gasteiger partial charge in [-0.05, 0) is 24.2 Å². The Morgan fingerprint density at radius 3 is 2.33 bits per heavy atom. The van der Waals surface area contributed by atoms with E-state index in [1.165, 1.54) is 0 Å². The molecule has 4 heteroatoms. The standard InChI is InChI=1S/C14H30N2O2/c1-10(2)6-12(17)9-16-13(18)7-11(15)8-14(3,4)5/h10-12,17H,6-9,15H2,1-5H3,(H,16,18). The first-order valence-corrected chi connectivity index (χ1v) is 6.80. The fourth-order valence-corrected chi connectivity index (χ4v) is 2.03. The van der Waals surface area contributed by atoms with E-state index >= 15 is 0 Å². The Morgan fingerprint density at radius 2 is 1.89 bits per heavy atom. The van der Waals surface area contributed by atoms with Crippen molar-refractivity contribution in [3.63, 3.8) is 0 Å². The number of nitrogens with two attached hydrogens (primary N) is 1. The number of nitrogens with one attached hydrogen (secondary N) is 1. The number of hydrogen-bond acceptors (Lipinski definition) is 3. The smallest absolute Gasteiger partial charge is 0.221 e. The lowest BCUT2D eigenvalue weighted by atomic mass is 9.87. The van der Waals surface area contributed by atoms with Crippen molar-refractivity contribution in [1.29, 1.82) is 0 Å². The number of aliphatic hydroxyl groups is 1. The Kier molecular flexibility index (Phi) is 7.48. The molecule has 1 amide bonds. The number of carbonyl (C=O) groups is 1. The van der Waals surface area contributed by atoms with Crippen LogP contribution in [0, 0.1) is 11.3 Å². The Balaban J connectivity index is 3.84. The minimum Gasteiger partial charge on any atom is -0.391 e. The number of aliphatic hydroxyl groups excluding tert-OH is 1. The Morgan fingerprint density at radius 1 is 1.33 bits per heavy atom. The minimum atomic E-state index is -0.465. The summed E-state index contributed by atoms with van der Waals surface area (Å²) in [4.78, 5) is 11.6. The first-order chi connectivity index (χ1) is 8.10. The van der Waals surface area contributed by atoms with Gasteiger partial charge in [0, 0.05) is 19.0 Å². The molecule has 0 bridgehead atoms. The van der Waals surface area contributed by atoms with Crippen LogP contribution in [0.2, 0.25) is 0 Å². The normalized spacial score (nSPS) is 15.6. The van der Waals surface area contributed by atoms with Crippen LogP contribution < -0.4 is 11.1 Å². The summed E-state index contributed by atoms with van der Waals surface area (Å²) in [6.07, 6.45) is 1.38. The van der Waals surface area contributed by atoms with Gasteiger partial charge in [0.25, 0.3) is 0 Å². The molecular weight excluding hydrogens is 228 g/mol. The molecule has 108 valence electrons. The van der Waals surface area contributed by atoms with Crippen LogP contribution in [0.25, 0.3) is 0 Å². The highest BCUT2D eigenvalue weighted by molar-refractivity contribution is 5.76. The summed E-state index contributed by atoms with van der Waals surface area (Å²) in [6.45, 7) is 10.7. The molecule has 0 aliphatic rings. The second-order valence-electron chi connectivity index (χ2n) is 6.82. The molecule has 0 fully saturated rings. The van der Waals surface area contributed by atoms with Gasteiger partial charge in [0.05, 0.1) is 6.10 Å². The summed E-state index contributed by atoms with van der Waals surface area (Å²) >= 11 is 0. The third-order valence-electron chi connectivity index (χ3n) is 2.60. The van der Waals surface area contributed by atoms with Gasteiger partial charge in [-0.3, -0.25) is 4.79 Å². The van der Waals surface area contributed by atoms with E-state index < -0.39 is 6.10 Å². The number of carbonyl (C=O) groups excluding carboxylic acids is 1. The van der Waals surface area contributed by atoms with Crippen molar-refractivity contribution in [2.24, 2.45) is 17.1 Å². The second-order valence-corrected chi connectivity index (χ2v) is 6.82. The van der Waals surface area contributed by atoms with Gasteiger partial charge in [-0.2, -0.15) is 0 Å². The average Bonchev–Trinajstić information content (AvgIpc) is 2.10. The van der Waals surface area contributed by atoms with E-state index in [9.17, 15) is 9.90 Å². The molecule has 0 spiro atoms. The maximum Gasteiger partial charge on any atom is 0.221 e. The number of rotatable bonds is 7. The zero-order chi connectivity index (χ0) is 14.3. The van der Waals surface area contributed by atoms with Crippen molar-refractivity contribution < 1.29 is 9.90 Å². The lowest BCUT2D eigenvalue weighted by Crippen LogP contribution is -2.37. The van der Waals surface area contributed by atoms with Crippen LogP contribution in [0.1, 0.15) is 53.9 Å². The van der Waals surface area contributed by atoms with Crippen molar-refractivity contribution in [3.8, 4) is 0 Å². The molecule has 0 aromatic heterocycles. The summed E-state index contributed by atoms with van der Waals surface area (Å²) in [5.41, 5.74) is 6.06. The van der Waals surface area contributed by atoms with E-state index in [2.05, 4.69) is 26.1 Å². The fourth-order valence-electron chi connectivity index (χ4n) is 2.03. The van der Waals surface area contributed by atoms with Crippen LogP contribution in [-0.4, -0.2) is 29.7 Å². The Hall–Kier alpha value is -0.610. The van der Waals surface area contributed by atoms with E-state index in [1.54, 1.807) is 0 Å². The van der Waals surface area contributed by atoms with Crippen LogP contribution in [-0.2, 0) is 4.79 Å². The largest absolute Gasteiger partial charge is 0.391 e. The summed E-state index contributed by atoms with van der Waals surface area (Å²) in [5, 5.41) is 12.4. The van der Waals surface area contributed by atoms with E-state index in [0.29, 0.717) is 25.3 Å². The van der Waals surface area contributed by atoms with Gasteiger partial charge in [-0.15, -0.1) is 0 Å². The maximum absolute atomic E-state index is 11.6. The first kappa shape index (κ1) is 17.4. The summed E-state index contributed by atoms with van der Waals surface area (Å²) in [6, 6.07) is -0.118. The third kappa shape index (κ3) is 10.5. The summed E-state index contributed by atoms with van der Waals surface area (Å²) in [7, 11) is 0. The van der Waals surface area contributed by atoms with Crippen molar-refractivity contribution in [1.82, 2.24) is 5.32 Å². The quantitative estimate of drug-likeness (QED) is 0.650. The molecule has 0 radical (unpaired) electrons. The van der Waals surface area contributed by atoms with Gasteiger partial charge in [0.1, 0.15) is 0 Å². The Bertz CT molecular complexity index is 247. The number of hydrogen-bond donors (Lipinski definition) is 3. The van der Waals surface area contributed by atoms with Crippen molar-refractivity contribution in [3.05, 3.63) is 0 Å². The van der Waals surface area contributed by atoms with Crippen LogP contribution in [0.3, 0.4) is 0 Å². The van der Waals surface area contributed by atoms with E-state index in [0.717, 1.165) is 6.42 Å². The molecule has 0 aliphatic carbocycles. The predicted octanol–water partition coefficient (Wildman–Crippen LogP) is 1.66. The summed E-state index contributed by atoms with van der Waals surface area (Å²) in [5.74, 6) is 0.356. The highest BCUT2D eigenvalue weighted by Gasteiger charge is 2.18.